The highest BCUT2D eigenvalue weighted by Crippen LogP contribution is 2.36. The van der Waals surface area contributed by atoms with E-state index in [4.69, 9.17) is 19.3 Å². The Kier molecular flexibility index (Phi) is 37.4. The second kappa shape index (κ2) is 37.8. The van der Waals surface area contributed by atoms with Crippen molar-refractivity contribution in [2.24, 2.45) is 0 Å². The minimum Gasteiger partial charge on any atom is -0.457 e. The maximum atomic E-state index is 12.4. The molecule has 0 aromatic heterocycles. The van der Waals surface area contributed by atoms with E-state index in [-0.39, 0.29) is 19.2 Å². The number of ether oxygens (including phenoxy) is 2. The van der Waals surface area contributed by atoms with E-state index < -0.39 is 13.9 Å². The predicted octanol–water partition coefficient (Wildman–Crippen LogP) is 12.9. The molecule has 0 spiro atoms. The number of hydrogen-bond donors (Lipinski definition) is 2. The molecule has 8 heteroatoms. The van der Waals surface area contributed by atoms with Gasteiger partial charge < -0.3 is 19.3 Å². The van der Waals surface area contributed by atoms with Crippen LogP contribution in [0.2, 0.25) is 0 Å². The standard InChI is InChI=1S/C40H81O7P/c1-3-5-7-9-11-13-15-17-19-21-23-25-27-29-31-33-35-40(41)47-39(38-46-48(42,43)44)37-45-36-34-32-30-28-26-24-22-20-18-16-14-12-10-8-6-4-2/h39H,3-38H2,1-2H3,(H2,42,43,44)/t39-/m1/s1. The number of rotatable bonds is 40. The third-order valence-electron chi connectivity index (χ3n) is 9.41. The van der Waals surface area contributed by atoms with Crippen LogP contribution in [0.3, 0.4) is 0 Å². The molecule has 0 aliphatic carbocycles. The topological polar surface area (TPSA) is 102 Å². The zero-order chi connectivity index (χ0) is 35.2. The van der Waals surface area contributed by atoms with Crippen LogP contribution in [0.15, 0.2) is 0 Å². The van der Waals surface area contributed by atoms with E-state index in [1.54, 1.807) is 0 Å². The molecular formula is C40H81O7P. The van der Waals surface area contributed by atoms with Crippen LogP contribution in [-0.2, 0) is 23.4 Å². The minimum atomic E-state index is -4.64. The summed E-state index contributed by atoms with van der Waals surface area (Å²) in [6.45, 7) is 4.80. The summed E-state index contributed by atoms with van der Waals surface area (Å²) in [5.41, 5.74) is 0. The summed E-state index contributed by atoms with van der Waals surface area (Å²) in [6, 6.07) is 0. The van der Waals surface area contributed by atoms with Gasteiger partial charge in [0.15, 0.2) is 0 Å². The first-order chi connectivity index (χ1) is 23.4. The Morgan fingerprint density at radius 3 is 1.12 bits per heavy atom. The summed E-state index contributed by atoms with van der Waals surface area (Å²) in [5.74, 6) is -0.356. The average Bonchev–Trinajstić information content (AvgIpc) is 3.06. The third-order valence-corrected chi connectivity index (χ3v) is 9.89. The Balaban J connectivity index is 3.74. The molecule has 0 rings (SSSR count). The molecule has 0 radical (unpaired) electrons. The van der Waals surface area contributed by atoms with Crippen molar-refractivity contribution in [1.29, 1.82) is 0 Å². The Morgan fingerprint density at radius 1 is 0.479 bits per heavy atom. The number of hydrogen-bond acceptors (Lipinski definition) is 5. The van der Waals surface area contributed by atoms with Crippen molar-refractivity contribution in [3.05, 3.63) is 0 Å². The van der Waals surface area contributed by atoms with Gasteiger partial charge in [-0.1, -0.05) is 206 Å². The number of unbranched alkanes of at least 4 members (excludes halogenated alkanes) is 30. The van der Waals surface area contributed by atoms with Crippen molar-refractivity contribution < 1.29 is 33.1 Å². The number of carbonyl (C=O) groups excluding carboxylic acids is 1. The van der Waals surface area contributed by atoms with Crippen LogP contribution in [-0.4, -0.2) is 41.7 Å². The fourth-order valence-electron chi connectivity index (χ4n) is 6.33. The molecule has 0 heterocycles. The van der Waals surface area contributed by atoms with Crippen molar-refractivity contribution >= 4 is 13.8 Å². The lowest BCUT2D eigenvalue weighted by Crippen LogP contribution is -2.28. The zero-order valence-electron chi connectivity index (χ0n) is 31.9. The summed E-state index contributed by atoms with van der Waals surface area (Å²) in [7, 11) is -4.64. The predicted molar refractivity (Wildman–Crippen MR) is 202 cm³/mol. The minimum absolute atomic E-state index is 0.0867. The highest BCUT2D eigenvalue weighted by molar-refractivity contribution is 7.46. The van der Waals surface area contributed by atoms with Crippen molar-refractivity contribution in [3.8, 4) is 0 Å². The van der Waals surface area contributed by atoms with Crippen LogP contribution in [0.1, 0.15) is 226 Å². The van der Waals surface area contributed by atoms with Gasteiger partial charge in [0.1, 0.15) is 6.10 Å². The molecule has 288 valence electrons. The molecule has 0 aliphatic rings. The summed E-state index contributed by atoms with van der Waals surface area (Å²) in [5, 5.41) is 0. The molecule has 1 atom stereocenters. The molecule has 0 amide bonds. The largest absolute Gasteiger partial charge is 0.469 e. The maximum absolute atomic E-state index is 12.4. The molecule has 0 aromatic carbocycles. The Bertz CT molecular complexity index is 699. The first-order valence-corrected chi connectivity index (χ1v) is 22.4. The fourth-order valence-corrected chi connectivity index (χ4v) is 6.69. The quantitative estimate of drug-likeness (QED) is 0.0372. The van der Waals surface area contributed by atoms with Gasteiger partial charge in [-0.05, 0) is 12.8 Å². The molecule has 0 saturated heterocycles. The molecule has 0 fully saturated rings. The third kappa shape index (κ3) is 40.0. The van der Waals surface area contributed by atoms with E-state index in [0.717, 1.165) is 32.1 Å². The van der Waals surface area contributed by atoms with E-state index in [1.807, 2.05) is 0 Å². The van der Waals surface area contributed by atoms with E-state index in [9.17, 15) is 9.36 Å². The monoisotopic (exact) mass is 705 g/mol. The average molecular weight is 705 g/mol. The summed E-state index contributed by atoms with van der Waals surface area (Å²) < 4.78 is 27.0. The fraction of sp³-hybridized carbons (Fsp3) is 0.975. The van der Waals surface area contributed by atoms with Crippen LogP contribution in [0, 0.1) is 0 Å². The van der Waals surface area contributed by atoms with Gasteiger partial charge in [-0.3, -0.25) is 9.32 Å². The molecular weight excluding hydrogens is 623 g/mol. The van der Waals surface area contributed by atoms with E-state index in [1.165, 1.54) is 173 Å². The van der Waals surface area contributed by atoms with Gasteiger partial charge in [0, 0.05) is 13.0 Å². The van der Waals surface area contributed by atoms with Gasteiger partial charge in [0.05, 0.1) is 13.2 Å². The van der Waals surface area contributed by atoms with Gasteiger partial charge in [0.25, 0.3) is 0 Å². The van der Waals surface area contributed by atoms with Gasteiger partial charge in [0.2, 0.25) is 0 Å². The first kappa shape index (κ1) is 47.5. The van der Waals surface area contributed by atoms with Crippen LogP contribution < -0.4 is 0 Å². The van der Waals surface area contributed by atoms with E-state index >= 15 is 0 Å². The van der Waals surface area contributed by atoms with Crippen molar-refractivity contribution in [1.82, 2.24) is 0 Å². The molecule has 7 nitrogen and oxygen atoms in total. The molecule has 0 bridgehead atoms. The van der Waals surface area contributed by atoms with Crippen molar-refractivity contribution in [2.75, 3.05) is 19.8 Å². The number of carbonyl (C=O) groups is 1. The normalized spacial score (nSPS) is 12.5. The van der Waals surface area contributed by atoms with E-state index in [0.29, 0.717) is 13.0 Å². The zero-order valence-corrected chi connectivity index (χ0v) is 32.8. The highest BCUT2D eigenvalue weighted by atomic mass is 31.2. The van der Waals surface area contributed by atoms with Crippen LogP contribution in [0.4, 0.5) is 0 Å². The molecule has 48 heavy (non-hydrogen) atoms. The highest BCUT2D eigenvalue weighted by Gasteiger charge is 2.21. The van der Waals surface area contributed by atoms with Crippen LogP contribution in [0.5, 0.6) is 0 Å². The number of esters is 1. The Morgan fingerprint density at radius 2 is 0.792 bits per heavy atom. The number of phosphoric acid groups is 1. The SMILES string of the molecule is CCCCCCCCCCCCCCCCCCOC[C@H](COP(=O)(O)O)OC(=O)CCCCCCCCCCCCCCCCCC. The second-order valence-corrected chi connectivity index (χ2v) is 15.6. The van der Waals surface area contributed by atoms with Gasteiger partial charge in [-0.15, -0.1) is 0 Å². The van der Waals surface area contributed by atoms with Gasteiger partial charge in [-0.2, -0.15) is 0 Å². The molecule has 2 N–H and O–H groups in total. The van der Waals surface area contributed by atoms with Gasteiger partial charge in [-0.25, -0.2) is 4.57 Å². The number of phosphoric ester groups is 1. The van der Waals surface area contributed by atoms with E-state index in [2.05, 4.69) is 18.4 Å². The lowest BCUT2D eigenvalue weighted by atomic mass is 10.0. The van der Waals surface area contributed by atoms with Crippen LogP contribution >= 0.6 is 7.82 Å². The molecule has 0 aliphatic heterocycles. The lowest BCUT2D eigenvalue weighted by molar-refractivity contribution is -0.154. The second-order valence-electron chi connectivity index (χ2n) is 14.3. The lowest BCUT2D eigenvalue weighted by Gasteiger charge is -2.18. The molecule has 0 saturated carbocycles. The molecule has 0 unspecified atom stereocenters. The summed E-state index contributed by atoms with van der Waals surface area (Å²) in [6.07, 6.45) is 40.9. The Hall–Kier alpha value is -0.460. The van der Waals surface area contributed by atoms with Gasteiger partial charge >= 0.3 is 13.8 Å². The van der Waals surface area contributed by atoms with Crippen molar-refractivity contribution in [3.63, 3.8) is 0 Å². The Labute approximate surface area is 298 Å². The smallest absolute Gasteiger partial charge is 0.457 e. The maximum Gasteiger partial charge on any atom is 0.469 e. The molecule has 0 aromatic rings. The first-order valence-electron chi connectivity index (χ1n) is 20.9. The summed E-state index contributed by atoms with van der Waals surface area (Å²) >= 11 is 0. The van der Waals surface area contributed by atoms with Crippen LogP contribution in [0.25, 0.3) is 0 Å². The van der Waals surface area contributed by atoms with Crippen molar-refractivity contribution in [2.45, 2.75) is 232 Å². The summed E-state index contributed by atoms with van der Waals surface area (Å²) in [4.78, 5) is 30.6.